The Morgan fingerprint density at radius 1 is 1.32 bits per heavy atom. The lowest BCUT2D eigenvalue weighted by atomic mass is 9.85. The molecule has 1 aromatic carbocycles. The first kappa shape index (κ1) is 18.8. The van der Waals surface area contributed by atoms with Crippen LogP contribution in [0.3, 0.4) is 0 Å². The first-order valence-corrected chi connectivity index (χ1v) is 7.01. The van der Waals surface area contributed by atoms with Crippen molar-refractivity contribution in [3.05, 3.63) is 29.3 Å². The number of carbonyl (C=O) groups excluding carboxylic acids is 1. The number of amides is 1. The number of hydrogen-bond acceptors (Lipinski definition) is 2. The molecule has 0 heterocycles. The molecule has 0 aliphatic heterocycles. The van der Waals surface area contributed by atoms with E-state index in [0.717, 1.165) is 31.4 Å². The third kappa shape index (κ3) is 4.61. The fraction of sp³-hybridized carbons (Fsp3) is 0.533. The van der Waals surface area contributed by atoms with Crippen molar-refractivity contribution in [3.8, 4) is 0 Å². The van der Waals surface area contributed by atoms with E-state index in [4.69, 9.17) is 5.73 Å². The Morgan fingerprint density at radius 2 is 2.00 bits per heavy atom. The lowest BCUT2D eigenvalue weighted by Crippen LogP contribution is -2.34. The number of nitrogens with two attached hydrogens (primary N) is 1. The largest absolute Gasteiger partial charge is 0.416 e. The van der Waals surface area contributed by atoms with Crippen molar-refractivity contribution >= 4 is 24.0 Å². The zero-order valence-electron chi connectivity index (χ0n) is 12.2. The maximum absolute atomic E-state index is 12.7. The summed E-state index contributed by atoms with van der Waals surface area (Å²) >= 11 is 0. The molecule has 1 aromatic rings. The summed E-state index contributed by atoms with van der Waals surface area (Å²) in [5.74, 6) is -0.463. The van der Waals surface area contributed by atoms with Gasteiger partial charge in [-0.2, -0.15) is 13.2 Å². The molecule has 124 valence electrons. The maximum Gasteiger partial charge on any atom is 0.416 e. The quantitative estimate of drug-likeness (QED) is 0.860. The third-order valence-corrected chi connectivity index (χ3v) is 3.91. The van der Waals surface area contributed by atoms with E-state index in [0.29, 0.717) is 12.0 Å². The van der Waals surface area contributed by atoms with Crippen molar-refractivity contribution in [1.29, 1.82) is 0 Å². The molecule has 3 N–H and O–H groups in total. The summed E-state index contributed by atoms with van der Waals surface area (Å²) in [6.45, 7) is 1.67. The molecule has 2 unspecified atom stereocenters. The number of hydrogen-bond donors (Lipinski definition) is 2. The predicted molar refractivity (Wildman–Crippen MR) is 82.0 cm³/mol. The minimum atomic E-state index is -4.42. The number of halogens is 4. The highest BCUT2D eigenvalue weighted by molar-refractivity contribution is 5.93. The van der Waals surface area contributed by atoms with Crippen LogP contribution >= 0.6 is 12.4 Å². The number of rotatable bonds is 2. The van der Waals surface area contributed by atoms with Crippen molar-refractivity contribution < 1.29 is 18.0 Å². The van der Waals surface area contributed by atoms with Gasteiger partial charge < -0.3 is 11.1 Å². The second-order valence-corrected chi connectivity index (χ2v) is 5.64. The molecule has 1 aliphatic rings. The van der Waals surface area contributed by atoms with Crippen LogP contribution in [0.5, 0.6) is 0 Å². The molecule has 1 amide bonds. The van der Waals surface area contributed by atoms with Gasteiger partial charge in [-0.05, 0) is 43.9 Å². The van der Waals surface area contributed by atoms with Gasteiger partial charge in [0.2, 0.25) is 5.91 Å². The first-order chi connectivity index (χ1) is 9.77. The van der Waals surface area contributed by atoms with Gasteiger partial charge in [0, 0.05) is 17.6 Å². The van der Waals surface area contributed by atoms with E-state index in [1.165, 1.54) is 6.07 Å². The molecule has 2 atom stereocenters. The zero-order chi connectivity index (χ0) is 15.6. The molecular weight excluding hydrogens is 317 g/mol. The molecule has 1 saturated carbocycles. The average Bonchev–Trinajstić information content (AvgIpc) is 2.40. The summed E-state index contributed by atoms with van der Waals surface area (Å²) in [5.41, 5.74) is 5.90. The molecular formula is C15H20ClF3N2O. The van der Waals surface area contributed by atoms with Crippen molar-refractivity contribution in [3.63, 3.8) is 0 Å². The van der Waals surface area contributed by atoms with Crippen LogP contribution in [0.25, 0.3) is 0 Å². The van der Waals surface area contributed by atoms with Gasteiger partial charge in [0.1, 0.15) is 0 Å². The topological polar surface area (TPSA) is 55.1 Å². The molecule has 1 aliphatic carbocycles. The van der Waals surface area contributed by atoms with Crippen LogP contribution in [0.2, 0.25) is 0 Å². The molecule has 0 bridgehead atoms. The highest BCUT2D eigenvalue weighted by Gasteiger charge is 2.31. The second kappa shape index (κ2) is 7.33. The van der Waals surface area contributed by atoms with Gasteiger partial charge >= 0.3 is 6.18 Å². The highest BCUT2D eigenvalue weighted by Crippen LogP contribution is 2.32. The van der Waals surface area contributed by atoms with Gasteiger partial charge in [-0.15, -0.1) is 12.4 Å². The summed E-state index contributed by atoms with van der Waals surface area (Å²) in [7, 11) is 0. The van der Waals surface area contributed by atoms with Crippen LogP contribution in [-0.4, -0.2) is 11.9 Å². The molecule has 0 aromatic heterocycles. The van der Waals surface area contributed by atoms with Crippen LogP contribution < -0.4 is 11.1 Å². The number of carbonyl (C=O) groups is 1. The molecule has 0 radical (unpaired) electrons. The van der Waals surface area contributed by atoms with E-state index >= 15 is 0 Å². The van der Waals surface area contributed by atoms with Gasteiger partial charge in [-0.25, -0.2) is 0 Å². The van der Waals surface area contributed by atoms with Crippen molar-refractivity contribution in [2.24, 2.45) is 11.7 Å². The highest BCUT2D eigenvalue weighted by atomic mass is 35.5. The zero-order valence-corrected chi connectivity index (χ0v) is 13.1. The fourth-order valence-electron chi connectivity index (χ4n) is 2.63. The van der Waals surface area contributed by atoms with Crippen LogP contribution in [-0.2, 0) is 11.0 Å². The van der Waals surface area contributed by atoms with Crippen LogP contribution in [0, 0.1) is 12.8 Å². The van der Waals surface area contributed by atoms with Gasteiger partial charge in [-0.3, -0.25) is 4.79 Å². The van der Waals surface area contributed by atoms with E-state index in [-0.39, 0.29) is 36.0 Å². The van der Waals surface area contributed by atoms with Gasteiger partial charge in [0.05, 0.1) is 5.56 Å². The summed E-state index contributed by atoms with van der Waals surface area (Å²) in [6.07, 6.45) is -1.32. The third-order valence-electron chi connectivity index (χ3n) is 3.91. The Bertz CT molecular complexity index is 534. The smallest absolute Gasteiger partial charge is 0.328 e. The molecule has 7 heteroatoms. The minimum absolute atomic E-state index is 0. The number of alkyl halides is 3. The summed E-state index contributed by atoms with van der Waals surface area (Å²) in [6, 6.07) is 3.36. The second-order valence-electron chi connectivity index (χ2n) is 5.64. The van der Waals surface area contributed by atoms with E-state index < -0.39 is 11.7 Å². The molecule has 0 spiro atoms. The molecule has 22 heavy (non-hydrogen) atoms. The lowest BCUT2D eigenvalue weighted by molar-refractivity contribution is -0.137. The van der Waals surface area contributed by atoms with E-state index in [1.54, 1.807) is 6.92 Å². The fourth-order valence-corrected chi connectivity index (χ4v) is 2.63. The van der Waals surface area contributed by atoms with Gasteiger partial charge in [0.25, 0.3) is 0 Å². The van der Waals surface area contributed by atoms with E-state index in [9.17, 15) is 18.0 Å². The molecule has 2 rings (SSSR count). The maximum atomic E-state index is 12.7. The summed E-state index contributed by atoms with van der Waals surface area (Å²) in [4.78, 5) is 12.2. The Balaban J connectivity index is 0.00000242. The molecule has 1 fully saturated rings. The molecule has 0 saturated heterocycles. The monoisotopic (exact) mass is 336 g/mol. The van der Waals surface area contributed by atoms with E-state index in [2.05, 4.69) is 5.32 Å². The molecule has 3 nitrogen and oxygen atoms in total. The first-order valence-electron chi connectivity index (χ1n) is 7.01. The van der Waals surface area contributed by atoms with Crippen molar-refractivity contribution in [2.45, 2.75) is 44.8 Å². The predicted octanol–water partition coefficient (Wildman–Crippen LogP) is 3.89. The lowest BCUT2D eigenvalue weighted by Gasteiger charge is -2.26. The Morgan fingerprint density at radius 3 is 2.59 bits per heavy atom. The van der Waals surface area contributed by atoms with Crippen LogP contribution in [0.1, 0.15) is 36.8 Å². The number of aryl methyl sites for hydroxylation is 1. The average molecular weight is 337 g/mol. The van der Waals surface area contributed by atoms with Crippen molar-refractivity contribution in [2.75, 3.05) is 5.32 Å². The summed E-state index contributed by atoms with van der Waals surface area (Å²) in [5, 5.41) is 2.62. The van der Waals surface area contributed by atoms with Gasteiger partial charge in [-0.1, -0.05) is 12.5 Å². The normalized spacial score (nSPS) is 21.9. The van der Waals surface area contributed by atoms with E-state index in [1.807, 2.05) is 0 Å². The Kier molecular flexibility index (Phi) is 6.26. The van der Waals surface area contributed by atoms with Crippen LogP contribution in [0.4, 0.5) is 18.9 Å². The van der Waals surface area contributed by atoms with Crippen LogP contribution in [0.15, 0.2) is 18.2 Å². The Hall–Kier alpha value is -1.27. The van der Waals surface area contributed by atoms with Crippen molar-refractivity contribution in [1.82, 2.24) is 0 Å². The van der Waals surface area contributed by atoms with Gasteiger partial charge in [0.15, 0.2) is 0 Å². The summed E-state index contributed by atoms with van der Waals surface area (Å²) < 4.78 is 38.1. The SMILES string of the molecule is Cc1ccc(C(F)(F)F)cc1NC(=O)C1CCCC(N)C1.Cl. The minimum Gasteiger partial charge on any atom is -0.328 e. The Labute approximate surface area is 133 Å². The standard InChI is InChI=1S/C15H19F3N2O.ClH/c1-9-5-6-11(15(16,17)18)8-13(9)20-14(21)10-3-2-4-12(19)7-10;/h5-6,8,10,12H,2-4,7,19H2,1H3,(H,20,21);1H. The number of benzene rings is 1. The number of nitrogens with one attached hydrogen (secondary N) is 1. The number of anilines is 1.